The van der Waals surface area contributed by atoms with Gasteiger partial charge in [0.05, 0.1) is 18.4 Å². The second-order valence-electron chi connectivity index (χ2n) is 5.24. The van der Waals surface area contributed by atoms with Crippen molar-refractivity contribution in [1.29, 1.82) is 0 Å². The van der Waals surface area contributed by atoms with Gasteiger partial charge in [-0.2, -0.15) is 0 Å². The van der Waals surface area contributed by atoms with Gasteiger partial charge in [0, 0.05) is 37.7 Å². The molecule has 4 atom stereocenters. The Balaban J connectivity index is 1.66. The Morgan fingerprint density at radius 2 is 2.47 bits per heavy atom. The number of carbonyl (C=O) groups is 1. The minimum Gasteiger partial charge on any atom is -0.384 e. The fourth-order valence-electron chi connectivity index (χ4n) is 3.13. The van der Waals surface area contributed by atoms with E-state index < -0.39 is 0 Å². The summed E-state index contributed by atoms with van der Waals surface area (Å²) in [6.45, 7) is 3.16. The molecule has 0 spiro atoms. The van der Waals surface area contributed by atoms with Crippen LogP contribution in [0.5, 0.6) is 0 Å². The van der Waals surface area contributed by atoms with Crippen molar-refractivity contribution in [2.45, 2.75) is 25.5 Å². The van der Waals surface area contributed by atoms with Gasteiger partial charge in [0.15, 0.2) is 0 Å². The summed E-state index contributed by atoms with van der Waals surface area (Å²) < 4.78 is 15.9. The van der Waals surface area contributed by atoms with Crippen LogP contribution < -0.4 is 5.32 Å². The zero-order valence-corrected chi connectivity index (χ0v) is 11.1. The fourth-order valence-corrected chi connectivity index (χ4v) is 3.13. The number of amides is 1. The third-order valence-electron chi connectivity index (χ3n) is 4.04. The number of ether oxygens (including phenoxy) is 2. The maximum Gasteiger partial charge on any atom is 0.290 e. The monoisotopic (exact) mass is 266 g/mol. The molecule has 104 valence electrons. The van der Waals surface area contributed by atoms with Crippen LogP contribution in [0.25, 0.3) is 0 Å². The molecule has 0 radical (unpaired) electrons. The Morgan fingerprint density at radius 1 is 1.63 bits per heavy atom. The Kier molecular flexibility index (Phi) is 3.28. The minimum absolute atomic E-state index is 0.102. The van der Waals surface area contributed by atoms with Gasteiger partial charge >= 0.3 is 0 Å². The summed E-state index contributed by atoms with van der Waals surface area (Å²) in [5, 5.41) is 6.75. The number of fused-ring (bicyclic) bond motifs is 1. The highest BCUT2D eigenvalue weighted by atomic mass is 16.5. The number of carbonyl (C=O) groups excluding carboxylic acids is 1. The average Bonchev–Trinajstić information content (AvgIpc) is 3.00. The lowest BCUT2D eigenvalue weighted by Crippen LogP contribution is -2.62. The maximum atomic E-state index is 12.1. The molecule has 6 heteroatoms. The van der Waals surface area contributed by atoms with Gasteiger partial charge < -0.3 is 19.3 Å². The fraction of sp³-hybridized carbons (Fsp3) is 0.692. The number of hydrogen-bond acceptors (Lipinski definition) is 5. The van der Waals surface area contributed by atoms with Crippen molar-refractivity contribution in [1.82, 2.24) is 10.5 Å². The Bertz CT molecular complexity index is 473. The lowest BCUT2D eigenvalue weighted by molar-refractivity contribution is -0.0811. The molecule has 3 rings (SSSR count). The number of aryl methyl sites for hydroxylation is 1. The van der Waals surface area contributed by atoms with Crippen LogP contribution in [0, 0.1) is 18.8 Å². The van der Waals surface area contributed by atoms with Gasteiger partial charge in [-0.1, -0.05) is 5.16 Å². The van der Waals surface area contributed by atoms with Crippen LogP contribution in [0.3, 0.4) is 0 Å². The third-order valence-corrected chi connectivity index (χ3v) is 4.04. The lowest BCUT2D eigenvalue weighted by atomic mass is 9.67. The van der Waals surface area contributed by atoms with E-state index in [9.17, 15) is 4.79 Å². The molecule has 1 aliphatic heterocycles. The summed E-state index contributed by atoms with van der Waals surface area (Å²) in [6, 6.07) is 1.74. The van der Waals surface area contributed by atoms with E-state index in [4.69, 9.17) is 14.0 Å². The van der Waals surface area contributed by atoms with Crippen LogP contribution in [-0.2, 0) is 9.47 Å². The summed E-state index contributed by atoms with van der Waals surface area (Å²) in [7, 11) is 1.67. The second kappa shape index (κ2) is 4.94. The van der Waals surface area contributed by atoms with Gasteiger partial charge in [0.2, 0.25) is 5.76 Å². The first kappa shape index (κ1) is 12.6. The first-order valence-corrected chi connectivity index (χ1v) is 6.55. The summed E-state index contributed by atoms with van der Waals surface area (Å²) in [5.41, 5.74) is 0.703. The number of methoxy groups -OCH3 is 1. The van der Waals surface area contributed by atoms with Crippen LogP contribution in [0.1, 0.15) is 22.7 Å². The molecule has 2 heterocycles. The molecule has 1 aromatic rings. The number of rotatable bonds is 4. The molecule has 1 aliphatic carbocycles. The van der Waals surface area contributed by atoms with Crippen LogP contribution >= 0.6 is 0 Å². The van der Waals surface area contributed by atoms with E-state index in [1.165, 1.54) is 0 Å². The smallest absolute Gasteiger partial charge is 0.290 e. The molecule has 0 unspecified atom stereocenters. The quantitative estimate of drug-likeness (QED) is 0.871. The molecule has 1 N–H and O–H groups in total. The van der Waals surface area contributed by atoms with Crippen molar-refractivity contribution >= 4 is 5.91 Å². The van der Waals surface area contributed by atoms with Crippen molar-refractivity contribution in [2.75, 3.05) is 20.3 Å². The van der Waals surface area contributed by atoms with Crippen molar-refractivity contribution in [3.8, 4) is 0 Å². The van der Waals surface area contributed by atoms with Gasteiger partial charge in [0.25, 0.3) is 5.91 Å². The number of aromatic nitrogens is 1. The molecule has 2 aliphatic rings. The van der Waals surface area contributed by atoms with Crippen molar-refractivity contribution in [2.24, 2.45) is 11.8 Å². The van der Waals surface area contributed by atoms with Crippen molar-refractivity contribution in [3.63, 3.8) is 0 Å². The minimum atomic E-state index is -0.211. The van der Waals surface area contributed by atoms with Crippen molar-refractivity contribution < 1.29 is 18.8 Å². The van der Waals surface area contributed by atoms with Gasteiger partial charge in [-0.15, -0.1) is 0 Å². The van der Waals surface area contributed by atoms with E-state index >= 15 is 0 Å². The number of hydrogen-bond donors (Lipinski definition) is 1. The topological polar surface area (TPSA) is 73.6 Å². The SMILES string of the molecule is COC[C@@H]1[C@H](NC(=O)c2cc(C)no2)[C@H]2CCO[C@H]21. The van der Waals surface area contributed by atoms with E-state index in [1.54, 1.807) is 20.1 Å². The van der Waals surface area contributed by atoms with E-state index in [1.807, 2.05) is 0 Å². The molecular formula is C13H18N2O4. The standard InChI is InChI=1S/C13H18N2O4/c1-7-5-10(19-15-7)13(16)14-11-8-3-4-18-12(8)9(11)6-17-2/h5,8-9,11-12H,3-4,6H2,1-2H3,(H,14,16)/t8-,9-,11-,12-/m1/s1. The molecule has 6 nitrogen and oxygen atoms in total. The van der Waals surface area contributed by atoms with E-state index in [0.29, 0.717) is 18.2 Å². The van der Waals surface area contributed by atoms with Gasteiger partial charge in [-0.25, -0.2) is 0 Å². The molecule has 0 bridgehead atoms. The van der Waals surface area contributed by atoms with Gasteiger partial charge in [-0.3, -0.25) is 4.79 Å². The second-order valence-corrected chi connectivity index (χ2v) is 5.24. The maximum absolute atomic E-state index is 12.1. The normalized spacial score (nSPS) is 32.7. The first-order chi connectivity index (χ1) is 9.20. The summed E-state index contributed by atoms with van der Waals surface area (Å²) in [6.07, 6.45) is 1.22. The largest absolute Gasteiger partial charge is 0.384 e. The zero-order valence-electron chi connectivity index (χ0n) is 11.1. The third kappa shape index (κ3) is 2.15. The highest BCUT2D eigenvalue weighted by Crippen LogP contribution is 2.43. The van der Waals surface area contributed by atoms with E-state index in [0.717, 1.165) is 13.0 Å². The van der Waals surface area contributed by atoms with Crippen LogP contribution in [0.15, 0.2) is 10.6 Å². The number of nitrogens with zero attached hydrogens (tertiary/aromatic N) is 1. The molecule has 1 saturated carbocycles. The Hall–Kier alpha value is -1.40. The molecule has 1 aromatic heterocycles. The zero-order chi connectivity index (χ0) is 13.4. The average molecular weight is 266 g/mol. The van der Waals surface area contributed by atoms with Gasteiger partial charge in [-0.05, 0) is 13.3 Å². The van der Waals surface area contributed by atoms with Crippen LogP contribution in [0.2, 0.25) is 0 Å². The molecule has 19 heavy (non-hydrogen) atoms. The Labute approximate surface area is 111 Å². The van der Waals surface area contributed by atoms with E-state index in [2.05, 4.69) is 10.5 Å². The van der Waals surface area contributed by atoms with Crippen LogP contribution in [0.4, 0.5) is 0 Å². The summed E-state index contributed by atoms with van der Waals surface area (Å²) in [4.78, 5) is 12.1. The lowest BCUT2D eigenvalue weighted by Gasteiger charge is -2.47. The highest BCUT2D eigenvalue weighted by molar-refractivity contribution is 5.91. The predicted octanol–water partition coefficient (Wildman–Crippen LogP) is 0.763. The molecule has 0 aromatic carbocycles. The predicted molar refractivity (Wildman–Crippen MR) is 65.7 cm³/mol. The van der Waals surface area contributed by atoms with Crippen LogP contribution in [-0.4, -0.2) is 43.5 Å². The summed E-state index contributed by atoms with van der Waals surface area (Å²) in [5.74, 6) is 0.673. The molecule has 1 amide bonds. The Morgan fingerprint density at radius 3 is 3.16 bits per heavy atom. The molecule has 1 saturated heterocycles. The number of nitrogens with one attached hydrogen (secondary N) is 1. The molecule has 2 fully saturated rings. The van der Waals surface area contributed by atoms with Gasteiger partial charge in [0.1, 0.15) is 0 Å². The van der Waals surface area contributed by atoms with Crippen molar-refractivity contribution in [3.05, 3.63) is 17.5 Å². The first-order valence-electron chi connectivity index (χ1n) is 6.55. The molecular weight excluding hydrogens is 248 g/mol. The highest BCUT2D eigenvalue weighted by Gasteiger charge is 2.54. The summed E-state index contributed by atoms with van der Waals surface area (Å²) >= 11 is 0. The van der Waals surface area contributed by atoms with E-state index in [-0.39, 0.29) is 29.7 Å².